The van der Waals surface area contributed by atoms with Crippen LogP contribution in [0.1, 0.15) is 29.7 Å². The van der Waals surface area contributed by atoms with E-state index in [4.69, 9.17) is 0 Å². The van der Waals surface area contributed by atoms with Crippen LogP contribution in [0.2, 0.25) is 0 Å². The van der Waals surface area contributed by atoms with E-state index in [1.165, 1.54) is 22.5 Å². The van der Waals surface area contributed by atoms with Crippen LogP contribution >= 0.6 is 11.3 Å². The predicted octanol–water partition coefficient (Wildman–Crippen LogP) is 3.49. The van der Waals surface area contributed by atoms with Crippen LogP contribution in [0.4, 0.5) is 0 Å². The minimum absolute atomic E-state index is 0.0872. The summed E-state index contributed by atoms with van der Waals surface area (Å²) >= 11 is 1.27. The van der Waals surface area contributed by atoms with Gasteiger partial charge in [0, 0.05) is 6.04 Å². The van der Waals surface area contributed by atoms with Gasteiger partial charge in [-0.05, 0) is 48.5 Å². The first-order chi connectivity index (χ1) is 9.94. The molecule has 1 heterocycles. The molecule has 0 bridgehead atoms. The lowest BCUT2D eigenvalue weighted by atomic mass is 10.0. The molecule has 0 aliphatic heterocycles. The third-order valence-electron chi connectivity index (χ3n) is 3.57. The van der Waals surface area contributed by atoms with Gasteiger partial charge < -0.3 is 5.32 Å². The average molecular weight is 323 g/mol. The molecule has 3 nitrogen and oxygen atoms in total. The molecule has 1 aromatic heterocycles. The summed E-state index contributed by atoms with van der Waals surface area (Å²) in [6, 6.07) is 9.40. The first kappa shape index (κ1) is 16.2. The van der Waals surface area contributed by atoms with Gasteiger partial charge in [0.15, 0.2) is 9.84 Å². The van der Waals surface area contributed by atoms with E-state index in [0.29, 0.717) is 4.21 Å². The summed E-state index contributed by atoms with van der Waals surface area (Å²) in [6.07, 6.45) is 0. The molecule has 0 spiro atoms. The van der Waals surface area contributed by atoms with Gasteiger partial charge in [0.1, 0.15) is 4.21 Å². The van der Waals surface area contributed by atoms with Crippen LogP contribution in [0.3, 0.4) is 0 Å². The molecule has 1 unspecified atom stereocenters. The monoisotopic (exact) mass is 323 g/mol. The number of thiophene rings is 1. The molecule has 114 valence electrons. The maximum Gasteiger partial charge on any atom is 0.189 e. The van der Waals surface area contributed by atoms with Crippen LogP contribution in [0.5, 0.6) is 0 Å². The Labute approximate surface area is 130 Å². The Morgan fingerprint density at radius 1 is 1.19 bits per heavy atom. The van der Waals surface area contributed by atoms with Crippen molar-refractivity contribution >= 4 is 21.2 Å². The van der Waals surface area contributed by atoms with Crippen LogP contribution < -0.4 is 5.32 Å². The lowest BCUT2D eigenvalue weighted by Crippen LogP contribution is -2.28. The summed E-state index contributed by atoms with van der Waals surface area (Å²) < 4.78 is 25.4. The molecule has 2 rings (SSSR count). The number of rotatable bonds is 6. The number of benzene rings is 1. The summed E-state index contributed by atoms with van der Waals surface area (Å²) in [5.74, 6) is 0.0872. The van der Waals surface area contributed by atoms with E-state index in [-0.39, 0.29) is 11.8 Å². The number of aryl methyl sites for hydroxylation is 2. The predicted molar refractivity (Wildman–Crippen MR) is 88.7 cm³/mol. The van der Waals surface area contributed by atoms with Gasteiger partial charge in [0.2, 0.25) is 0 Å². The summed E-state index contributed by atoms with van der Waals surface area (Å²) in [7, 11) is -3.25. The fourth-order valence-electron chi connectivity index (χ4n) is 2.24. The van der Waals surface area contributed by atoms with E-state index >= 15 is 0 Å². The van der Waals surface area contributed by atoms with Crippen LogP contribution in [0.15, 0.2) is 39.9 Å². The molecule has 21 heavy (non-hydrogen) atoms. The van der Waals surface area contributed by atoms with Crippen molar-refractivity contribution in [2.75, 3.05) is 12.3 Å². The Bertz CT molecular complexity index is 691. The standard InChI is InChI=1S/C16H21NO2S2/c1-4-17-15(14-8-7-12(2)13(3)10-14)11-21(18,19)16-6-5-9-20-16/h5-10,15,17H,4,11H2,1-3H3. The van der Waals surface area contributed by atoms with Gasteiger partial charge in [0.25, 0.3) is 0 Å². The number of hydrogen-bond acceptors (Lipinski definition) is 4. The zero-order valence-electron chi connectivity index (χ0n) is 12.6. The number of hydrogen-bond donors (Lipinski definition) is 1. The maximum absolute atomic E-state index is 12.5. The topological polar surface area (TPSA) is 46.2 Å². The van der Waals surface area contributed by atoms with Gasteiger partial charge in [-0.3, -0.25) is 0 Å². The minimum atomic E-state index is -3.25. The lowest BCUT2D eigenvalue weighted by Gasteiger charge is -2.19. The Kier molecular flexibility index (Phi) is 5.19. The minimum Gasteiger partial charge on any atom is -0.309 e. The molecule has 2 aromatic rings. The Morgan fingerprint density at radius 2 is 1.95 bits per heavy atom. The van der Waals surface area contributed by atoms with E-state index in [9.17, 15) is 8.42 Å². The highest BCUT2D eigenvalue weighted by Gasteiger charge is 2.23. The molecule has 0 fully saturated rings. The first-order valence-electron chi connectivity index (χ1n) is 7.01. The molecular formula is C16H21NO2S2. The first-order valence-corrected chi connectivity index (χ1v) is 9.54. The van der Waals surface area contributed by atoms with Crippen molar-refractivity contribution in [3.05, 3.63) is 52.4 Å². The molecule has 1 atom stereocenters. The second-order valence-corrected chi connectivity index (χ2v) is 8.38. The molecule has 1 N–H and O–H groups in total. The van der Waals surface area contributed by atoms with E-state index in [1.807, 2.05) is 19.1 Å². The van der Waals surface area contributed by atoms with Crippen molar-refractivity contribution in [3.8, 4) is 0 Å². The quantitative estimate of drug-likeness (QED) is 0.885. The van der Waals surface area contributed by atoms with Crippen molar-refractivity contribution < 1.29 is 8.42 Å². The maximum atomic E-state index is 12.5. The third-order valence-corrected chi connectivity index (χ3v) is 6.80. The van der Waals surface area contributed by atoms with Gasteiger partial charge in [-0.2, -0.15) is 0 Å². The van der Waals surface area contributed by atoms with Crippen LogP contribution in [-0.4, -0.2) is 20.7 Å². The molecule has 0 saturated carbocycles. The van der Waals surface area contributed by atoms with Crippen LogP contribution in [-0.2, 0) is 9.84 Å². The fourth-order valence-corrected chi connectivity index (χ4v) is 4.85. The van der Waals surface area contributed by atoms with Gasteiger partial charge >= 0.3 is 0 Å². The largest absolute Gasteiger partial charge is 0.309 e. The smallest absolute Gasteiger partial charge is 0.189 e. The molecule has 5 heteroatoms. The Balaban J connectivity index is 2.29. The van der Waals surface area contributed by atoms with Gasteiger partial charge in [0.05, 0.1) is 5.75 Å². The van der Waals surface area contributed by atoms with Gasteiger partial charge in [-0.15, -0.1) is 11.3 Å². The molecule has 0 aliphatic rings. The third kappa shape index (κ3) is 3.93. The molecule has 0 radical (unpaired) electrons. The zero-order valence-corrected chi connectivity index (χ0v) is 14.2. The highest BCUT2D eigenvalue weighted by molar-refractivity contribution is 7.93. The van der Waals surface area contributed by atoms with Crippen molar-refractivity contribution in [3.63, 3.8) is 0 Å². The SMILES string of the molecule is CCNC(CS(=O)(=O)c1cccs1)c1ccc(C)c(C)c1. The lowest BCUT2D eigenvalue weighted by molar-refractivity contribution is 0.560. The summed E-state index contributed by atoms with van der Waals surface area (Å²) in [5, 5.41) is 5.09. The van der Waals surface area contributed by atoms with Crippen molar-refractivity contribution in [2.45, 2.75) is 31.0 Å². The van der Waals surface area contributed by atoms with Crippen molar-refractivity contribution in [2.24, 2.45) is 0 Å². The molecule has 0 aliphatic carbocycles. The average Bonchev–Trinajstić information content (AvgIpc) is 2.96. The van der Waals surface area contributed by atoms with E-state index in [1.54, 1.807) is 17.5 Å². The van der Waals surface area contributed by atoms with Crippen molar-refractivity contribution in [1.29, 1.82) is 0 Å². The number of sulfone groups is 1. The Hall–Kier alpha value is -1.17. The second kappa shape index (κ2) is 6.73. The molecule has 1 aromatic carbocycles. The summed E-state index contributed by atoms with van der Waals surface area (Å²) in [4.78, 5) is 0. The summed E-state index contributed by atoms with van der Waals surface area (Å²) in [6.45, 7) is 6.84. The second-order valence-electron chi connectivity index (χ2n) is 5.17. The number of nitrogens with one attached hydrogen (secondary N) is 1. The normalized spacial score (nSPS) is 13.3. The summed E-state index contributed by atoms with van der Waals surface area (Å²) in [5.41, 5.74) is 3.43. The zero-order chi connectivity index (χ0) is 15.5. The molecule has 0 saturated heterocycles. The molecular weight excluding hydrogens is 302 g/mol. The highest BCUT2D eigenvalue weighted by Crippen LogP contribution is 2.24. The Morgan fingerprint density at radius 3 is 2.52 bits per heavy atom. The fraction of sp³-hybridized carbons (Fsp3) is 0.375. The van der Waals surface area contributed by atoms with Crippen LogP contribution in [0.25, 0.3) is 0 Å². The van der Waals surface area contributed by atoms with Crippen molar-refractivity contribution in [1.82, 2.24) is 5.32 Å². The van der Waals surface area contributed by atoms with E-state index < -0.39 is 9.84 Å². The van der Waals surface area contributed by atoms with E-state index in [2.05, 4.69) is 25.2 Å². The van der Waals surface area contributed by atoms with Crippen LogP contribution in [0, 0.1) is 13.8 Å². The highest BCUT2D eigenvalue weighted by atomic mass is 32.2. The van der Waals surface area contributed by atoms with Gasteiger partial charge in [-0.25, -0.2) is 8.42 Å². The van der Waals surface area contributed by atoms with Gasteiger partial charge in [-0.1, -0.05) is 31.2 Å². The van der Waals surface area contributed by atoms with E-state index in [0.717, 1.165) is 12.1 Å². The molecule has 0 amide bonds.